The second-order valence-electron chi connectivity index (χ2n) is 4.77. The molecular weight excluding hydrogens is 345 g/mol. The van der Waals surface area contributed by atoms with Crippen LogP contribution in [0.15, 0.2) is 48.5 Å². The second kappa shape index (κ2) is 7.35. The molecule has 0 spiro atoms. The van der Waals surface area contributed by atoms with Crippen LogP contribution in [0.5, 0.6) is 0 Å². The summed E-state index contributed by atoms with van der Waals surface area (Å²) in [6.45, 7) is -0.0210. The number of benzene rings is 2. The van der Waals surface area contributed by atoms with E-state index in [0.717, 1.165) is 12.1 Å². The summed E-state index contributed by atoms with van der Waals surface area (Å²) in [4.78, 5) is 23.5. The number of para-hydroxylation sites is 1. The molecule has 24 heavy (non-hydrogen) atoms. The Morgan fingerprint density at radius 3 is 2.25 bits per heavy atom. The summed E-state index contributed by atoms with van der Waals surface area (Å²) in [5, 5.41) is 4.67. The molecule has 126 valence electrons. The molecule has 2 N–H and O–H groups in total. The van der Waals surface area contributed by atoms with E-state index in [2.05, 4.69) is 5.32 Å². The van der Waals surface area contributed by atoms with Gasteiger partial charge in [0.1, 0.15) is 0 Å². The lowest BCUT2D eigenvalue weighted by Gasteiger charge is -2.13. The summed E-state index contributed by atoms with van der Waals surface area (Å²) in [6, 6.07) is 11.1. The van der Waals surface area contributed by atoms with E-state index < -0.39 is 29.2 Å². The Hall–Kier alpha value is -2.54. The maximum Gasteiger partial charge on any atom is 0.418 e. The second-order valence-corrected chi connectivity index (χ2v) is 5.18. The number of hydrogen-bond donors (Lipinski definition) is 2. The average molecular weight is 357 g/mol. The number of alkyl halides is 3. The Bertz CT molecular complexity index is 763. The van der Waals surface area contributed by atoms with Crippen molar-refractivity contribution in [2.24, 2.45) is 0 Å². The molecule has 0 aromatic heterocycles. The molecule has 2 aromatic carbocycles. The molecule has 0 saturated carbocycles. The van der Waals surface area contributed by atoms with Crippen LogP contribution in [0.25, 0.3) is 0 Å². The van der Waals surface area contributed by atoms with Gasteiger partial charge in [-0.1, -0.05) is 41.9 Å². The standard InChI is InChI=1S/C16H12ClF3N2O2/c17-12-7-3-1-5-10(12)9-21-14(23)15(24)22-13-8-4-2-6-11(13)16(18,19)20/h1-8H,9H2,(H,21,23)(H,22,24). The van der Waals surface area contributed by atoms with Crippen LogP contribution >= 0.6 is 11.6 Å². The van der Waals surface area contributed by atoms with Crippen LogP contribution in [-0.4, -0.2) is 11.8 Å². The zero-order valence-electron chi connectivity index (χ0n) is 12.2. The lowest BCUT2D eigenvalue weighted by atomic mass is 10.1. The quantitative estimate of drug-likeness (QED) is 0.825. The Labute approximate surface area is 140 Å². The molecule has 0 saturated heterocycles. The van der Waals surface area contributed by atoms with Gasteiger partial charge in [-0.2, -0.15) is 13.2 Å². The Morgan fingerprint density at radius 2 is 1.58 bits per heavy atom. The number of halogens is 4. The van der Waals surface area contributed by atoms with E-state index in [1.807, 2.05) is 5.32 Å². The van der Waals surface area contributed by atoms with Crippen molar-refractivity contribution in [1.82, 2.24) is 5.32 Å². The molecule has 8 heteroatoms. The van der Waals surface area contributed by atoms with Gasteiger partial charge in [0.25, 0.3) is 0 Å². The minimum atomic E-state index is -4.64. The summed E-state index contributed by atoms with van der Waals surface area (Å²) < 4.78 is 38.5. The number of anilines is 1. The summed E-state index contributed by atoms with van der Waals surface area (Å²) in [7, 11) is 0. The summed E-state index contributed by atoms with van der Waals surface area (Å²) in [6.07, 6.45) is -4.64. The van der Waals surface area contributed by atoms with Crippen molar-refractivity contribution in [1.29, 1.82) is 0 Å². The van der Waals surface area contributed by atoms with Crippen molar-refractivity contribution in [3.8, 4) is 0 Å². The van der Waals surface area contributed by atoms with Crippen molar-refractivity contribution in [3.63, 3.8) is 0 Å². The van der Waals surface area contributed by atoms with Gasteiger partial charge in [0.05, 0.1) is 11.3 Å². The number of nitrogens with one attached hydrogen (secondary N) is 2. The van der Waals surface area contributed by atoms with Gasteiger partial charge >= 0.3 is 18.0 Å². The Balaban J connectivity index is 2.03. The van der Waals surface area contributed by atoms with Gasteiger partial charge in [-0.3, -0.25) is 9.59 Å². The third-order valence-corrected chi connectivity index (χ3v) is 3.45. The van der Waals surface area contributed by atoms with Gasteiger partial charge < -0.3 is 10.6 Å². The summed E-state index contributed by atoms with van der Waals surface area (Å²) in [5.74, 6) is -2.26. The normalized spacial score (nSPS) is 11.0. The number of carbonyl (C=O) groups is 2. The average Bonchev–Trinajstić information content (AvgIpc) is 2.53. The highest BCUT2D eigenvalue weighted by molar-refractivity contribution is 6.39. The van der Waals surface area contributed by atoms with Crippen molar-refractivity contribution in [2.45, 2.75) is 12.7 Å². The third-order valence-electron chi connectivity index (χ3n) is 3.08. The van der Waals surface area contributed by atoms with E-state index in [0.29, 0.717) is 10.6 Å². The van der Waals surface area contributed by atoms with Crippen LogP contribution in [0.3, 0.4) is 0 Å². The van der Waals surface area contributed by atoms with Crippen LogP contribution in [0.4, 0.5) is 18.9 Å². The lowest BCUT2D eigenvalue weighted by Crippen LogP contribution is -2.35. The molecule has 0 atom stereocenters. The van der Waals surface area contributed by atoms with E-state index in [-0.39, 0.29) is 6.54 Å². The smallest absolute Gasteiger partial charge is 0.344 e. The zero-order chi connectivity index (χ0) is 17.7. The van der Waals surface area contributed by atoms with Gasteiger partial charge in [0.15, 0.2) is 0 Å². The molecule has 0 unspecified atom stereocenters. The van der Waals surface area contributed by atoms with Gasteiger partial charge in [-0.05, 0) is 23.8 Å². The minimum Gasteiger partial charge on any atom is -0.344 e. The SMILES string of the molecule is O=C(NCc1ccccc1Cl)C(=O)Nc1ccccc1C(F)(F)F. The van der Waals surface area contributed by atoms with Crippen LogP contribution in [-0.2, 0) is 22.3 Å². The predicted octanol–water partition coefficient (Wildman–Crippen LogP) is 3.61. The van der Waals surface area contributed by atoms with E-state index in [1.165, 1.54) is 12.1 Å². The molecular formula is C16H12ClF3N2O2. The number of amides is 2. The highest BCUT2D eigenvalue weighted by Gasteiger charge is 2.34. The first kappa shape index (κ1) is 17.8. The van der Waals surface area contributed by atoms with Gasteiger partial charge in [-0.15, -0.1) is 0 Å². The first-order valence-electron chi connectivity index (χ1n) is 6.78. The topological polar surface area (TPSA) is 58.2 Å². The monoisotopic (exact) mass is 356 g/mol. The minimum absolute atomic E-state index is 0.0210. The summed E-state index contributed by atoms with van der Waals surface area (Å²) in [5.41, 5.74) is -0.934. The molecule has 0 aliphatic heterocycles. The number of carbonyl (C=O) groups excluding carboxylic acids is 2. The first-order valence-corrected chi connectivity index (χ1v) is 7.15. The van der Waals surface area contributed by atoms with Crippen molar-refractivity contribution >= 4 is 29.1 Å². The van der Waals surface area contributed by atoms with E-state index in [1.54, 1.807) is 24.3 Å². The first-order chi connectivity index (χ1) is 11.3. The largest absolute Gasteiger partial charge is 0.418 e. The number of hydrogen-bond acceptors (Lipinski definition) is 2. The molecule has 0 aliphatic carbocycles. The molecule has 0 heterocycles. The highest BCUT2D eigenvalue weighted by atomic mass is 35.5. The Morgan fingerprint density at radius 1 is 0.958 bits per heavy atom. The van der Waals surface area contributed by atoms with Crippen molar-refractivity contribution in [3.05, 3.63) is 64.7 Å². The number of rotatable bonds is 3. The fourth-order valence-corrected chi connectivity index (χ4v) is 2.12. The van der Waals surface area contributed by atoms with Crippen molar-refractivity contribution in [2.75, 3.05) is 5.32 Å². The highest BCUT2D eigenvalue weighted by Crippen LogP contribution is 2.34. The molecule has 4 nitrogen and oxygen atoms in total. The molecule has 0 bridgehead atoms. The van der Waals surface area contributed by atoms with E-state index in [4.69, 9.17) is 11.6 Å². The van der Waals surface area contributed by atoms with Crippen LogP contribution in [0.2, 0.25) is 5.02 Å². The maximum atomic E-state index is 12.8. The molecule has 2 amide bonds. The van der Waals surface area contributed by atoms with Crippen LogP contribution in [0.1, 0.15) is 11.1 Å². The summed E-state index contributed by atoms with van der Waals surface area (Å²) >= 11 is 5.91. The van der Waals surface area contributed by atoms with E-state index in [9.17, 15) is 22.8 Å². The molecule has 2 rings (SSSR count). The molecule has 2 aromatic rings. The zero-order valence-corrected chi connectivity index (χ0v) is 12.9. The maximum absolute atomic E-state index is 12.8. The fourth-order valence-electron chi connectivity index (χ4n) is 1.92. The van der Waals surface area contributed by atoms with Gasteiger partial charge in [0, 0.05) is 11.6 Å². The van der Waals surface area contributed by atoms with Gasteiger partial charge in [0.2, 0.25) is 0 Å². The van der Waals surface area contributed by atoms with Crippen LogP contribution in [0, 0.1) is 0 Å². The third kappa shape index (κ3) is 4.48. The molecule has 0 fully saturated rings. The van der Waals surface area contributed by atoms with Crippen molar-refractivity contribution < 1.29 is 22.8 Å². The molecule has 0 radical (unpaired) electrons. The van der Waals surface area contributed by atoms with Crippen LogP contribution < -0.4 is 10.6 Å². The fraction of sp³-hybridized carbons (Fsp3) is 0.125. The molecule has 0 aliphatic rings. The van der Waals surface area contributed by atoms with E-state index >= 15 is 0 Å². The lowest BCUT2D eigenvalue weighted by molar-refractivity contribution is -0.138. The van der Waals surface area contributed by atoms with Gasteiger partial charge in [-0.25, -0.2) is 0 Å². The predicted molar refractivity (Wildman–Crippen MR) is 83.4 cm³/mol. The Kier molecular flexibility index (Phi) is 5.46.